The fraction of sp³-hybridized carbons (Fsp3) is 0.474. The Balaban J connectivity index is 1.83. The van der Waals surface area contributed by atoms with Crippen molar-refractivity contribution in [2.24, 2.45) is 0 Å². The number of benzene rings is 1. The standard InChI is InChI=1S/C19H24F3N5O3/c1-11(9-26(2)3)29-18-24-14-10-27(7-6-13(14)17(23)25-18)15-8-12(4-5-16(15)28)30-19(20,21)22/h4-5,8,11,28H,6-7,9-10H2,1-3H3,(H2,23,24,25)/t11-/m1/s1. The van der Waals surface area contributed by atoms with Gasteiger partial charge in [0, 0.05) is 24.7 Å². The van der Waals surface area contributed by atoms with Crippen LogP contribution in [0.4, 0.5) is 24.7 Å². The van der Waals surface area contributed by atoms with E-state index in [1.165, 1.54) is 0 Å². The maximum Gasteiger partial charge on any atom is 0.573 e. The Morgan fingerprint density at radius 2 is 2.03 bits per heavy atom. The number of likely N-dealkylation sites (N-methyl/N-ethyl adjacent to an activating group) is 1. The highest BCUT2D eigenvalue weighted by Crippen LogP contribution is 2.36. The molecular weight excluding hydrogens is 403 g/mol. The highest BCUT2D eigenvalue weighted by molar-refractivity contribution is 5.62. The van der Waals surface area contributed by atoms with Crippen LogP contribution >= 0.6 is 0 Å². The number of nitrogens with zero attached hydrogens (tertiary/aromatic N) is 4. The molecule has 0 bridgehead atoms. The fourth-order valence-corrected chi connectivity index (χ4v) is 3.38. The molecule has 1 aliphatic heterocycles. The SMILES string of the molecule is C[C@H](CN(C)C)Oc1nc(N)c2c(n1)CN(c1cc(OC(F)(F)F)ccc1O)CC2. The number of hydrogen-bond acceptors (Lipinski definition) is 8. The van der Waals surface area contributed by atoms with Crippen molar-refractivity contribution in [3.63, 3.8) is 0 Å². The molecule has 2 heterocycles. The lowest BCUT2D eigenvalue weighted by Crippen LogP contribution is -2.33. The smallest absolute Gasteiger partial charge is 0.506 e. The van der Waals surface area contributed by atoms with Crippen molar-refractivity contribution in [2.75, 3.05) is 37.8 Å². The molecule has 0 spiro atoms. The third-order valence-electron chi connectivity index (χ3n) is 4.53. The van der Waals surface area contributed by atoms with Gasteiger partial charge in [-0.05, 0) is 39.6 Å². The number of nitrogens with two attached hydrogens (primary N) is 1. The molecule has 3 N–H and O–H groups in total. The van der Waals surface area contributed by atoms with Crippen LogP contribution in [0.3, 0.4) is 0 Å². The van der Waals surface area contributed by atoms with Gasteiger partial charge in [0.1, 0.15) is 23.4 Å². The first-order valence-electron chi connectivity index (χ1n) is 9.32. The minimum atomic E-state index is -4.82. The number of ether oxygens (including phenoxy) is 2. The van der Waals surface area contributed by atoms with Crippen LogP contribution in [-0.2, 0) is 13.0 Å². The van der Waals surface area contributed by atoms with Crippen molar-refractivity contribution in [3.05, 3.63) is 29.5 Å². The second-order valence-corrected chi connectivity index (χ2v) is 7.38. The number of phenolic OH excluding ortho intramolecular Hbond substituents is 1. The molecule has 164 valence electrons. The molecule has 1 aromatic carbocycles. The largest absolute Gasteiger partial charge is 0.573 e. The molecule has 0 amide bonds. The molecule has 2 aromatic rings. The predicted molar refractivity (Wildman–Crippen MR) is 105 cm³/mol. The zero-order valence-corrected chi connectivity index (χ0v) is 16.9. The van der Waals surface area contributed by atoms with Gasteiger partial charge >= 0.3 is 12.4 Å². The van der Waals surface area contributed by atoms with Gasteiger partial charge in [-0.3, -0.25) is 0 Å². The van der Waals surface area contributed by atoms with Gasteiger partial charge in [-0.15, -0.1) is 13.2 Å². The predicted octanol–water partition coefficient (Wildman–Crippen LogP) is 2.55. The second-order valence-electron chi connectivity index (χ2n) is 7.38. The topological polar surface area (TPSA) is 97.0 Å². The van der Waals surface area contributed by atoms with Crippen LogP contribution in [0.5, 0.6) is 17.5 Å². The monoisotopic (exact) mass is 427 g/mol. The summed E-state index contributed by atoms with van der Waals surface area (Å²) in [6.45, 7) is 3.19. The summed E-state index contributed by atoms with van der Waals surface area (Å²) in [5.74, 6) is -0.263. The molecule has 1 aliphatic rings. The molecule has 0 fully saturated rings. The normalized spacial score (nSPS) is 15.1. The maximum absolute atomic E-state index is 12.5. The van der Waals surface area contributed by atoms with E-state index >= 15 is 0 Å². The van der Waals surface area contributed by atoms with Gasteiger partial charge in [0.15, 0.2) is 0 Å². The van der Waals surface area contributed by atoms with E-state index in [4.69, 9.17) is 10.5 Å². The van der Waals surface area contributed by atoms with E-state index in [0.717, 1.165) is 23.8 Å². The van der Waals surface area contributed by atoms with Crippen LogP contribution < -0.4 is 20.1 Å². The van der Waals surface area contributed by atoms with Crippen molar-refractivity contribution < 1.29 is 27.8 Å². The minimum Gasteiger partial charge on any atom is -0.506 e. The van der Waals surface area contributed by atoms with Crippen LogP contribution in [0.15, 0.2) is 18.2 Å². The second kappa shape index (κ2) is 8.42. The summed E-state index contributed by atoms with van der Waals surface area (Å²) in [5, 5.41) is 10.2. The number of rotatable bonds is 6. The number of anilines is 2. The Morgan fingerprint density at radius 1 is 1.30 bits per heavy atom. The first kappa shape index (κ1) is 21.8. The van der Waals surface area contributed by atoms with Crippen LogP contribution in [0.2, 0.25) is 0 Å². The number of hydrogen-bond donors (Lipinski definition) is 2. The number of aromatic nitrogens is 2. The van der Waals surface area contributed by atoms with Crippen molar-refractivity contribution in [1.29, 1.82) is 0 Å². The summed E-state index contributed by atoms with van der Waals surface area (Å²) in [7, 11) is 3.84. The molecule has 0 saturated carbocycles. The van der Waals surface area contributed by atoms with Crippen molar-refractivity contribution in [1.82, 2.24) is 14.9 Å². The molecule has 30 heavy (non-hydrogen) atoms. The van der Waals surface area contributed by atoms with Crippen LogP contribution in [0.25, 0.3) is 0 Å². The summed E-state index contributed by atoms with van der Waals surface area (Å²) >= 11 is 0. The Morgan fingerprint density at radius 3 is 2.70 bits per heavy atom. The third-order valence-corrected chi connectivity index (χ3v) is 4.53. The number of nitrogen functional groups attached to an aromatic ring is 1. The lowest BCUT2D eigenvalue weighted by molar-refractivity contribution is -0.274. The molecule has 11 heteroatoms. The molecule has 0 unspecified atom stereocenters. The Hall–Kier alpha value is -2.95. The van der Waals surface area contributed by atoms with Crippen LogP contribution in [-0.4, -0.2) is 59.6 Å². The van der Waals surface area contributed by atoms with Crippen molar-refractivity contribution in [3.8, 4) is 17.5 Å². The van der Waals surface area contributed by atoms with E-state index in [1.54, 1.807) is 4.90 Å². The lowest BCUT2D eigenvalue weighted by atomic mass is 10.0. The van der Waals surface area contributed by atoms with Crippen molar-refractivity contribution >= 4 is 11.5 Å². The number of alkyl halides is 3. The zero-order valence-electron chi connectivity index (χ0n) is 16.9. The van der Waals surface area contributed by atoms with Gasteiger partial charge in [0.2, 0.25) is 0 Å². The number of phenols is 1. The Bertz CT molecular complexity index is 908. The quantitative estimate of drug-likeness (QED) is 0.726. The van der Waals surface area contributed by atoms with E-state index in [0.29, 0.717) is 31.0 Å². The summed E-state index contributed by atoms with van der Waals surface area (Å²) < 4.78 is 47.3. The molecule has 8 nitrogen and oxygen atoms in total. The van der Waals surface area contributed by atoms with Gasteiger partial charge in [0.25, 0.3) is 0 Å². The summed E-state index contributed by atoms with van der Waals surface area (Å²) in [6.07, 6.45) is -4.52. The van der Waals surface area contributed by atoms with E-state index in [9.17, 15) is 18.3 Å². The van der Waals surface area contributed by atoms with E-state index < -0.39 is 12.1 Å². The average Bonchev–Trinajstić information content (AvgIpc) is 2.61. The van der Waals surface area contributed by atoms with E-state index in [1.807, 2.05) is 25.9 Å². The van der Waals surface area contributed by atoms with Crippen LogP contribution in [0.1, 0.15) is 18.2 Å². The first-order valence-corrected chi connectivity index (χ1v) is 9.32. The first-order chi connectivity index (χ1) is 14.0. The van der Waals surface area contributed by atoms with E-state index in [2.05, 4.69) is 14.7 Å². The highest BCUT2D eigenvalue weighted by atomic mass is 19.4. The van der Waals surface area contributed by atoms with Gasteiger partial charge in [0.05, 0.1) is 17.9 Å². The third kappa shape index (κ3) is 5.35. The summed E-state index contributed by atoms with van der Waals surface area (Å²) in [5.41, 5.74) is 7.65. The number of aromatic hydroxyl groups is 1. The van der Waals surface area contributed by atoms with Crippen molar-refractivity contribution in [2.45, 2.75) is 32.4 Å². The fourth-order valence-electron chi connectivity index (χ4n) is 3.38. The Labute approximate surface area is 172 Å². The minimum absolute atomic E-state index is 0.140. The Kier molecular flexibility index (Phi) is 6.11. The molecule has 0 radical (unpaired) electrons. The molecule has 3 rings (SSSR count). The number of halogens is 3. The molecule has 0 aliphatic carbocycles. The molecule has 1 aromatic heterocycles. The maximum atomic E-state index is 12.5. The number of fused-ring (bicyclic) bond motifs is 1. The molecule has 0 saturated heterocycles. The summed E-state index contributed by atoms with van der Waals surface area (Å²) in [4.78, 5) is 12.3. The zero-order chi connectivity index (χ0) is 22.1. The van der Waals surface area contributed by atoms with Gasteiger partial charge in [-0.2, -0.15) is 9.97 Å². The van der Waals surface area contributed by atoms with Gasteiger partial charge in [-0.25, -0.2) is 0 Å². The molecule has 1 atom stereocenters. The lowest BCUT2D eigenvalue weighted by Gasteiger charge is -2.31. The average molecular weight is 427 g/mol. The van der Waals surface area contributed by atoms with Gasteiger partial charge in [-0.1, -0.05) is 0 Å². The summed E-state index contributed by atoms with van der Waals surface area (Å²) in [6, 6.07) is 3.51. The van der Waals surface area contributed by atoms with E-state index in [-0.39, 0.29) is 30.1 Å². The highest BCUT2D eigenvalue weighted by Gasteiger charge is 2.32. The van der Waals surface area contributed by atoms with Gasteiger partial charge < -0.3 is 30.1 Å². The molecular formula is C19H24F3N5O3. The van der Waals surface area contributed by atoms with Crippen LogP contribution in [0, 0.1) is 0 Å².